The number of nitrogens with one attached hydrogen (secondary N) is 1. The average molecular weight is 831 g/mol. The fourth-order valence-electron chi connectivity index (χ4n) is 4.60. The van der Waals surface area contributed by atoms with Crippen molar-refractivity contribution in [1.29, 1.82) is 0 Å². The Bertz CT molecular complexity index is 1240. The van der Waals surface area contributed by atoms with Crippen LogP contribution in [0.4, 0.5) is 3.89 Å². The molecule has 332 valence electrons. The molecule has 0 aromatic heterocycles. The maximum Gasteiger partial charge on any atom is 0.317 e. The molecule has 0 heterocycles. The van der Waals surface area contributed by atoms with E-state index in [-0.39, 0.29) is 50.5 Å². The van der Waals surface area contributed by atoms with Gasteiger partial charge in [-0.2, -0.15) is 3.89 Å². The van der Waals surface area contributed by atoms with Crippen molar-refractivity contribution in [3.05, 3.63) is 34.9 Å². The number of benzene rings is 1. The number of aliphatic carboxylic acids is 3. The molecule has 57 heavy (non-hydrogen) atoms. The van der Waals surface area contributed by atoms with Crippen LogP contribution in [0.25, 0.3) is 5.70 Å². The van der Waals surface area contributed by atoms with Gasteiger partial charge in [-0.3, -0.25) is 34.0 Å². The zero-order chi connectivity index (χ0) is 44.6. The number of carboxylic acids is 3. The molecule has 0 aliphatic rings. The molecule has 0 fully saturated rings. The Hall–Kier alpha value is -3.69. The molecule has 0 radical (unpaired) electrons. The molecular formula is C42H79FN6O7S. The van der Waals surface area contributed by atoms with Crippen molar-refractivity contribution in [1.82, 2.24) is 15.1 Å². The first-order valence-electron chi connectivity index (χ1n) is 20.4. The van der Waals surface area contributed by atoms with Crippen LogP contribution in [0.3, 0.4) is 0 Å². The van der Waals surface area contributed by atoms with Crippen molar-refractivity contribution in [3.8, 4) is 0 Å². The van der Waals surface area contributed by atoms with Crippen LogP contribution in [0.1, 0.15) is 144 Å². The van der Waals surface area contributed by atoms with Crippen molar-refractivity contribution in [3.63, 3.8) is 0 Å². The number of aliphatic imine (C=N–C) groups is 1. The monoisotopic (exact) mass is 831 g/mol. The summed E-state index contributed by atoms with van der Waals surface area (Å²) in [7, 11) is 1.62. The van der Waals surface area contributed by atoms with Gasteiger partial charge in [-0.25, -0.2) is 0 Å². The third kappa shape index (κ3) is 38.9. The molecular weight excluding hydrogens is 752 g/mol. The van der Waals surface area contributed by atoms with Crippen molar-refractivity contribution in [2.24, 2.45) is 22.4 Å². The summed E-state index contributed by atoms with van der Waals surface area (Å²) >= 11 is 0.147. The second kappa shape index (κ2) is 41.9. The molecule has 0 saturated carbocycles. The quantitative estimate of drug-likeness (QED) is 0.0329. The van der Waals surface area contributed by atoms with Gasteiger partial charge in [0.1, 0.15) is 0 Å². The Labute approximate surface area is 348 Å². The maximum absolute atomic E-state index is 13.6. The van der Waals surface area contributed by atoms with E-state index >= 15 is 0 Å². The average Bonchev–Trinajstić information content (AvgIpc) is 3.20. The number of carbonyl (C=O) groups excluding carboxylic acids is 1. The number of unbranched alkanes of at least 4 members (excludes halogenated alkanes) is 3. The van der Waals surface area contributed by atoms with Crippen LogP contribution in [0.2, 0.25) is 0 Å². The molecule has 1 aromatic rings. The summed E-state index contributed by atoms with van der Waals surface area (Å²) in [5.41, 5.74) is 14.1. The van der Waals surface area contributed by atoms with Crippen molar-refractivity contribution < 1.29 is 38.4 Å². The van der Waals surface area contributed by atoms with Gasteiger partial charge in [-0.1, -0.05) is 112 Å². The highest BCUT2D eigenvalue weighted by atomic mass is 32.2. The van der Waals surface area contributed by atoms with E-state index in [1.165, 1.54) is 44.9 Å². The topological polar surface area (TPSA) is 212 Å². The number of hydrogen-bond acceptors (Lipinski definition) is 9. The van der Waals surface area contributed by atoms with E-state index in [9.17, 15) is 23.1 Å². The molecule has 1 unspecified atom stereocenters. The molecule has 15 heteroatoms. The largest absolute Gasteiger partial charge is 0.481 e. The normalized spacial score (nSPS) is 11.4. The summed E-state index contributed by atoms with van der Waals surface area (Å²) in [6.07, 6.45) is 12.7. The Kier molecular flexibility index (Phi) is 44.1. The zero-order valence-electron chi connectivity index (χ0n) is 36.9. The Morgan fingerprint density at radius 3 is 1.72 bits per heavy atom. The highest BCUT2D eigenvalue weighted by Gasteiger charge is 2.15. The minimum Gasteiger partial charge on any atom is -0.481 e. The molecule has 0 bridgehead atoms. The molecule has 1 rings (SSSR count). The predicted octanol–water partition coefficient (Wildman–Crippen LogP) is 8.46. The number of rotatable bonds is 24. The van der Waals surface area contributed by atoms with Gasteiger partial charge in [0.15, 0.2) is 0 Å². The minimum absolute atomic E-state index is 0.00282. The number of amides is 1. The molecule has 1 amide bonds. The lowest BCUT2D eigenvalue weighted by Gasteiger charge is -2.26. The molecule has 0 saturated heterocycles. The number of nitrogens with two attached hydrogens (primary N) is 2. The standard InChI is InChI=1S/C24H39FN4O3S.C10H22.2C3H6O2.C2H6N2/c1-5-10-28(12-13-29(11-6-2)17-23(31)32)16-22(30)27-15-20-9-8-19(14-21(20)33-25)24(26)18(4)7-3;1-4-6-7-8-9-10(3)5-2;2*1-2-3(4)5;1-4-2-3/h8-9,14H,5-7,10-13,15-17,26H2,1-4H3,(H,27,30)(H,31,32);10H,4-9H2,1-3H3;2*2H2,1H3,(H,4,5);2H,1H3,(H2,3,4)/b24-18+;;;;. The fourth-order valence-corrected chi connectivity index (χ4v) is 5.01. The Morgan fingerprint density at radius 1 is 0.825 bits per heavy atom. The van der Waals surface area contributed by atoms with E-state index in [1.807, 2.05) is 43.6 Å². The van der Waals surface area contributed by atoms with Crippen LogP contribution in [0.15, 0.2) is 33.7 Å². The summed E-state index contributed by atoms with van der Waals surface area (Å²) in [6, 6.07) is 5.37. The minimum atomic E-state index is -0.849. The van der Waals surface area contributed by atoms with Crippen LogP contribution in [0.5, 0.6) is 0 Å². The van der Waals surface area contributed by atoms with Gasteiger partial charge in [0.2, 0.25) is 5.91 Å². The van der Waals surface area contributed by atoms with Crippen LogP contribution in [0, 0.1) is 5.92 Å². The first-order valence-corrected chi connectivity index (χ1v) is 21.1. The molecule has 8 N–H and O–H groups in total. The molecule has 0 aliphatic carbocycles. The summed E-state index contributed by atoms with van der Waals surface area (Å²) in [5, 5.41) is 27.4. The van der Waals surface area contributed by atoms with E-state index in [0.29, 0.717) is 35.8 Å². The van der Waals surface area contributed by atoms with Gasteiger partial charge in [0.05, 0.1) is 31.6 Å². The van der Waals surface area contributed by atoms with Gasteiger partial charge in [0, 0.05) is 50.1 Å². The number of hydrogen-bond donors (Lipinski definition) is 6. The maximum atomic E-state index is 13.6. The molecule has 1 aromatic carbocycles. The summed E-state index contributed by atoms with van der Waals surface area (Å²) in [5.74, 6) is -1.53. The SMILES string of the molecule is CCC(=O)O.CCC(=O)O.CCCCCCC(C)CC.CCCN(CCN(CCC)CC(=O)NCc1ccc(/C(N)=C(/C)CC)cc1SF)CC(=O)O.CN=CN. The number of carbonyl (C=O) groups is 4. The van der Waals surface area contributed by atoms with Gasteiger partial charge in [-0.05, 0) is 62.4 Å². The molecule has 13 nitrogen and oxygen atoms in total. The van der Waals surface area contributed by atoms with Crippen LogP contribution >= 0.6 is 12.1 Å². The third-order valence-corrected chi connectivity index (χ3v) is 9.01. The van der Waals surface area contributed by atoms with Gasteiger partial charge in [0.25, 0.3) is 0 Å². The van der Waals surface area contributed by atoms with Gasteiger partial charge in [-0.15, -0.1) is 0 Å². The van der Waals surface area contributed by atoms with Gasteiger partial charge >= 0.3 is 17.9 Å². The Balaban J connectivity index is -0.000000471. The zero-order valence-corrected chi connectivity index (χ0v) is 37.7. The van der Waals surface area contributed by atoms with Crippen LogP contribution in [-0.4, -0.2) is 102 Å². The number of nitrogens with zero attached hydrogens (tertiary/aromatic N) is 3. The van der Waals surface area contributed by atoms with Gasteiger partial charge < -0.3 is 32.1 Å². The van der Waals surface area contributed by atoms with Crippen molar-refractivity contribution in [2.45, 2.75) is 144 Å². The first-order chi connectivity index (χ1) is 27.0. The van der Waals surface area contributed by atoms with Crippen molar-refractivity contribution in [2.75, 3.05) is 46.3 Å². The lowest BCUT2D eigenvalue weighted by Crippen LogP contribution is -2.42. The molecule has 0 aliphatic heterocycles. The lowest BCUT2D eigenvalue weighted by atomic mass is 10.0. The summed E-state index contributed by atoms with van der Waals surface area (Å²) < 4.78 is 13.6. The Morgan fingerprint density at radius 2 is 1.33 bits per heavy atom. The lowest BCUT2D eigenvalue weighted by molar-refractivity contribution is -0.139. The van der Waals surface area contributed by atoms with Crippen LogP contribution in [-0.2, 0) is 25.7 Å². The summed E-state index contributed by atoms with van der Waals surface area (Å²) in [4.78, 5) is 50.1. The number of halogens is 1. The van der Waals surface area contributed by atoms with Crippen LogP contribution < -0.4 is 16.8 Å². The molecule has 1 atom stereocenters. The van der Waals surface area contributed by atoms with E-state index in [4.69, 9.17) is 26.8 Å². The predicted molar refractivity (Wildman–Crippen MR) is 236 cm³/mol. The van der Waals surface area contributed by atoms with E-state index < -0.39 is 17.9 Å². The van der Waals surface area contributed by atoms with Crippen molar-refractivity contribution >= 4 is 48.0 Å². The first kappa shape index (κ1) is 60.0. The third-order valence-electron chi connectivity index (χ3n) is 8.47. The fraction of sp³-hybridized carbons (Fsp3) is 0.690. The van der Waals surface area contributed by atoms with E-state index in [0.717, 1.165) is 42.9 Å². The molecule has 0 spiro atoms. The van der Waals surface area contributed by atoms with E-state index in [1.54, 1.807) is 33.0 Å². The second-order valence-corrected chi connectivity index (χ2v) is 14.0. The van der Waals surface area contributed by atoms with E-state index in [2.05, 4.69) is 31.1 Å². The highest BCUT2D eigenvalue weighted by molar-refractivity contribution is 7.94. The number of allylic oxidation sites excluding steroid dienone is 1. The second-order valence-electron chi connectivity index (χ2n) is 13.4. The number of carboxylic acid groups (broad SMARTS) is 3. The smallest absolute Gasteiger partial charge is 0.317 e. The highest BCUT2D eigenvalue weighted by Crippen LogP contribution is 2.28. The summed E-state index contributed by atoms with van der Waals surface area (Å²) in [6.45, 7) is 21.2.